The van der Waals surface area contributed by atoms with Crippen LogP contribution in [-0.2, 0) is 0 Å². The molecule has 4 aliphatic rings. The average Bonchev–Trinajstić information content (AvgIpc) is 3.01. The molecule has 0 saturated carbocycles. The molecule has 2 atom stereocenters. The number of anilines is 1. The van der Waals surface area contributed by atoms with Gasteiger partial charge < -0.3 is 19.4 Å². The van der Waals surface area contributed by atoms with Crippen LogP contribution in [0.1, 0.15) is 40.0 Å². The molecule has 4 heterocycles. The third-order valence-corrected chi connectivity index (χ3v) is 7.12. The van der Waals surface area contributed by atoms with Gasteiger partial charge in [-0.3, -0.25) is 0 Å². The molecule has 0 N–H and O–H groups in total. The fraction of sp³-hybridized carbons (Fsp3) is 0.667. The molecule has 30 heavy (non-hydrogen) atoms. The molecule has 1 aromatic carbocycles. The first-order valence-corrected chi connectivity index (χ1v) is 11.3. The maximum absolute atomic E-state index is 13.3. The zero-order chi connectivity index (χ0) is 21.3. The lowest BCUT2D eigenvalue weighted by atomic mass is 9.73. The Morgan fingerprint density at radius 3 is 2.47 bits per heavy atom. The smallest absolute Gasteiger partial charge is 0.320 e. The number of nitriles is 1. The third kappa shape index (κ3) is 4.08. The Kier molecular flexibility index (Phi) is 5.81. The Morgan fingerprint density at radius 2 is 1.83 bits per heavy atom. The minimum Gasteiger partial charge on any atom is -0.494 e. The molecule has 162 valence electrons. The van der Waals surface area contributed by atoms with E-state index in [1.807, 2.05) is 24.0 Å². The number of nitrogens with zero attached hydrogens (tertiary/aromatic N) is 4. The van der Waals surface area contributed by atoms with Gasteiger partial charge in [-0.05, 0) is 61.8 Å². The van der Waals surface area contributed by atoms with E-state index in [9.17, 15) is 4.79 Å². The Labute approximate surface area is 180 Å². The van der Waals surface area contributed by atoms with Gasteiger partial charge in [0.05, 0.1) is 18.7 Å². The number of carbonyl (C=O) groups is 1. The fourth-order valence-electron chi connectivity index (χ4n) is 5.58. The number of amides is 2. The normalized spacial score (nSPS) is 26.3. The first kappa shape index (κ1) is 20.8. The number of ether oxygens (including phenoxy) is 1. The number of rotatable bonds is 3. The predicted octanol–water partition coefficient (Wildman–Crippen LogP) is 3.98. The molecule has 6 heteroatoms. The van der Waals surface area contributed by atoms with E-state index in [0.717, 1.165) is 44.6 Å². The number of carbonyl (C=O) groups excluding carboxylic acids is 1. The van der Waals surface area contributed by atoms with Crippen molar-refractivity contribution in [3.05, 3.63) is 24.3 Å². The zero-order valence-corrected chi connectivity index (χ0v) is 18.5. The molecule has 0 spiro atoms. The van der Waals surface area contributed by atoms with E-state index in [4.69, 9.17) is 10.00 Å². The lowest BCUT2D eigenvalue weighted by Crippen LogP contribution is -2.55. The predicted molar refractivity (Wildman–Crippen MR) is 118 cm³/mol. The van der Waals surface area contributed by atoms with Crippen LogP contribution in [0, 0.1) is 28.6 Å². The van der Waals surface area contributed by atoms with Crippen LogP contribution in [0.3, 0.4) is 0 Å². The number of likely N-dealkylation sites (tertiary alicyclic amines) is 1. The Balaban J connectivity index is 1.51. The minimum atomic E-state index is 0.100. The van der Waals surface area contributed by atoms with Crippen molar-refractivity contribution in [1.82, 2.24) is 9.80 Å². The van der Waals surface area contributed by atoms with Gasteiger partial charge in [0.2, 0.25) is 0 Å². The van der Waals surface area contributed by atoms with Crippen molar-refractivity contribution in [2.45, 2.75) is 46.1 Å². The first-order valence-electron chi connectivity index (χ1n) is 11.3. The van der Waals surface area contributed by atoms with Crippen molar-refractivity contribution in [3.63, 3.8) is 0 Å². The number of benzene rings is 1. The molecule has 4 fully saturated rings. The van der Waals surface area contributed by atoms with Crippen LogP contribution in [0.5, 0.6) is 5.75 Å². The molecule has 4 saturated heterocycles. The summed E-state index contributed by atoms with van der Waals surface area (Å²) in [6.45, 7) is 11.3. The van der Waals surface area contributed by atoms with E-state index < -0.39 is 0 Å². The summed E-state index contributed by atoms with van der Waals surface area (Å²) < 4.78 is 5.61. The molecule has 1 aromatic rings. The molecule has 0 radical (unpaired) electrons. The van der Waals surface area contributed by atoms with E-state index in [1.165, 1.54) is 5.69 Å². The van der Waals surface area contributed by atoms with Gasteiger partial charge >= 0.3 is 6.03 Å². The molecule has 0 unspecified atom stereocenters. The van der Waals surface area contributed by atoms with Crippen LogP contribution in [0.4, 0.5) is 10.5 Å². The molecule has 4 aliphatic heterocycles. The van der Waals surface area contributed by atoms with Crippen molar-refractivity contribution in [2.24, 2.45) is 17.3 Å². The maximum Gasteiger partial charge on any atom is 0.320 e. The summed E-state index contributed by atoms with van der Waals surface area (Å²) in [4.78, 5) is 19.9. The Morgan fingerprint density at radius 1 is 1.13 bits per heavy atom. The summed E-state index contributed by atoms with van der Waals surface area (Å²) in [5, 5.41) is 9.14. The molecule has 2 amide bonds. The summed E-state index contributed by atoms with van der Waals surface area (Å²) in [7, 11) is 0. The van der Waals surface area contributed by atoms with Crippen LogP contribution in [0.2, 0.25) is 0 Å². The summed E-state index contributed by atoms with van der Waals surface area (Å²) in [5.74, 6) is 1.47. The van der Waals surface area contributed by atoms with Crippen molar-refractivity contribution in [3.8, 4) is 11.8 Å². The highest BCUT2D eigenvalue weighted by molar-refractivity contribution is 5.75. The van der Waals surface area contributed by atoms with Gasteiger partial charge in [0.15, 0.2) is 0 Å². The van der Waals surface area contributed by atoms with E-state index in [-0.39, 0.29) is 23.4 Å². The number of piperidine rings is 2. The Hall–Kier alpha value is -2.42. The number of hydrogen-bond acceptors (Lipinski definition) is 4. The van der Waals surface area contributed by atoms with Crippen LogP contribution in [0.25, 0.3) is 0 Å². The van der Waals surface area contributed by atoms with Gasteiger partial charge in [0.1, 0.15) is 5.75 Å². The quantitative estimate of drug-likeness (QED) is 0.756. The number of fused-ring (bicyclic) bond motifs is 4. The molecule has 2 bridgehead atoms. The third-order valence-electron chi connectivity index (χ3n) is 7.12. The standard InChI is InChI=1S/C24H34N4O2/c1-4-30-21-7-5-20(6-8-21)28-16-19-13-24(2,3)22(28)17-27(15-19)23(29)26-11-9-18(14-25)10-12-26/h5-8,18-19,22H,4,9-13,15-17H2,1-3H3/t19-,22-/m1/s1. The van der Waals surface area contributed by atoms with Gasteiger partial charge in [-0.2, -0.15) is 5.26 Å². The van der Waals surface area contributed by atoms with Gasteiger partial charge in [-0.15, -0.1) is 0 Å². The molecule has 6 nitrogen and oxygen atoms in total. The second-order valence-electron chi connectivity index (χ2n) is 9.73. The van der Waals surface area contributed by atoms with E-state index in [0.29, 0.717) is 25.6 Å². The minimum absolute atomic E-state index is 0.100. The van der Waals surface area contributed by atoms with E-state index in [2.05, 4.69) is 41.8 Å². The SMILES string of the molecule is CCOc1ccc(N2C[C@H]3CN(C(=O)N4CCC(C#N)CC4)C[C@@H]2C(C)(C)C3)cc1. The van der Waals surface area contributed by atoms with Gasteiger partial charge in [-0.25, -0.2) is 4.79 Å². The summed E-state index contributed by atoms with van der Waals surface area (Å²) in [5.41, 5.74) is 1.36. The van der Waals surface area contributed by atoms with Crippen LogP contribution >= 0.6 is 0 Å². The zero-order valence-electron chi connectivity index (χ0n) is 18.5. The average molecular weight is 411 g/mol. The van der Waals surface area contributed by atoms with Crippen molar-refractivity contribution in [1.29, 1.82) is 5.26 Å². The van der Waals surface area contributed by atoms with Gasteiger partial charge in [0.25, 0.3) is 0 Å². The molecule has 0 aliphatic carbocycles. The second kappa shape index (κ2) is 8.37. The maximum atomic E-state index is 13.3. The number of hydrogen-bond donors (Lipinski definition) is 0. The van der Waals surface area contributed by atoms with Crippen molar-refractivity contribution in [2.75, 3.05) is 44.2 Å². The summed E-state index contributed by atoms with van der Waals surface area (Å²) in [6.07, 6.45) is 2.74. The number of urea groups is 1. The van der Waals surface area contributed by atoms with E-state index >= 15 is 0 Å². The molecular weight excluding hydrogens is 376 g/mol. The highest BCUT2D eigenvalue weighted by Crippen LogP contribution is 2.43. The monoisotopic (exact) mass is 410 g/mol. The topological polar surface area (TPSA) is 59.8 Å². The van der Waals surface area contributed by atoms with Crippen LogP contribution in [-0.4, -0.2) is 61.2 Å². The molecular formula is C24H34N4O2. The van der Waals surface area contributed by atoms with Crippen molar-refractivity contribution < 1.29 is 9.53 Å². The fourth-order valence-corrected chi connectivity index (χ4v) is 5.58. The summed E-state index contributed by atoms with van der Waals surface area (Å²) >= 11 is 0. The van der Waals surface area contributed by atoms with Crippen LogP contribution < -0.4 is 9.64 Å². The second-order valence-corrected chi connectivity index (χ2v) is 9.73. The highest BCUT2D eigenvalue weighted by atomic mass is 16.5. The van der Waals surface area contributed by atoms with Gasteiger partial charge in [-0.1, -0.05) is 13.8 Å². The van der Waals surface area contributed by atoms with Crippen molar-refractivity contribution >= 4 is 11.7 Å². The summed E-state index contributed by atoms with van der Waals surface area (Å²) in [6, 6.07) is 11.2. The molecule has 0 aromatic heterocycles. The lowest BCUT2D eigenvalue weighted by Gasteiger charge is -2.48. The lowest BCUT2D eigenvalue weighted by molar-refractivity contribution is 0.135. The van der Waals surface area contributed by atoms with Gasteiger partial charge in [0, 0.05) is 44.3 Å². The molecule has 5 rings (SSSR count). The highest BCUT2D eigenvalue weighted by Gasteiger charge is 2.47. The first-order chi connectivity index (χ1) is 14.4. The largest absolute Gasteiger partial charge is 0.494 e. The Bertz CT molecular complexity index is 792. The van der Waals surface area contributed by atoms with Crippen LogP contribution in [0.15, 0.2) is 24.3 Å². The van der Waals surface area contributed by atoms with E-state index in [1.54, 1.807) is 0 Å².